The fourth-order valence-electron chi connectivity index (χ4n) is 6.17. The van der Waals surface area contributed by atoms with Crippen molar-refractivity contribution in [2.45, 2.75) is 133 Å². The maximum absolute atomic E-state index is 9.06. The fraction of sp³-hybridized carbons (Fsp3) is 0.532. The van der Waals surface area contributed by atoms with E-state index < -0.39 is 0 Å². The maximum atomic E-state index is 9.06. The molecular weight excluding hydrogens is 625 g/mol. The van der Waals surface area contributed by atoms with Crippen molar-refractivity contribution in [3.63, 3.8) is 0 Å². The Bertz CT molecular complexity index is 1210. The Morgan fingerprint density at radius 1 is 0.902 bits per heavy atom. The summed E-state index contributed by atoms with van der Waals surface area (Å²) < 4.78 is 0. The molecule has 0 saturated heterocycles. The minimum atomic E-state index is 0.610. The number of allylic oxidation sites excluding steroid dienone is 3. The summed E-state index contributed by atoms with van der Waals surface area (Å²) in [6, 6.07) is 18.5. The molecule has 2 aliphatic heterocycles. The number of benzene rings is 2. The first kappa shape index (κ1) is 49.8. The second kappa shape index (κ2) is 33.8. The summed E-state index contributed by atoms with van der Waals surface area (Å²) >= 11 is 0. The molecule has 2 heterocycles. The number of carbonyl (C=O) groups excluding carboxylic acids is 2. The normalized spacial score (nSPS) is 17.2. The number of carbonyl (C=O) groups is 2. The summed E-state index contributed by atoms with van der Waals surface area (Å²) in [5.74, 6) is 1.56. The Hall–Kier alpha value is -3.34. The van der Waals surface area contributed by atoms with Crippen LogP contribution in [0.1, 0.15) is 123 Å². The molecule has 5 rings (SSSR count). The van der Waals surface area contributed by atoms with Crippen LogP contribution in [0.15, 0.2) is 97.1 Å². The highest BCUT2D eigenvalue weighted by atomic mass is 16.1. The van der Waals surface area contributed by atoms with Crippen LogP contribution in [0.3, 0.4) is 0 Å². The van der Waals surface area contributed by atoms with Gasteiger partial charge in [0.15, 0.2) is 0 Å². The number of hydrogen-bond donors (Lipinski definition) is 0. The van der Waals surface area contributed by atoms with Crippen molar-refractivity contribution in [2.75, 3.05) is 20.1 Å². The third-order valence-corrected chi connectivity index (χ3v) is 9.02. The molecule has 0 saturated carbocycles. The minimum absolute atomic E-state index is 0.610. The van der Waals surface area contributed by atoms with Gasteiger partial charge < -0.3 is 4.79 Å². The van der Waals surface area contributed by atoms with E-state index >= 15 is 0 Å². The molecule has 0 radical (unpaired) electrons. The molecule has 3 atom stereocenters. The number of hydrogen-bond acceptors (Lipinski definition) is 4. The second-order valence-electron chi connectivity index (χ2n) is 12.7. The van der Waals surface area contributed by atoms with Crippen LogP contribution >= 0.6 is 0 Å². The summed E-state index contributed by atoms with van der Waals surface area (Å²) in [6.07, 6.45) is 23.6. The average Bonchev–Trinajstić information content (AvgIpc) is 3.20. The highest BCUT2D eigenvalue weighted by Gasteiger charge is 2.27. The Balaban J connectivity index is 0. The molecule has 0 fully saturated rings. The van der Waals surface area contributed by atoms with Gasteiger partial charge in [-0.15, -0.1) is 0 Å². The van der Waals surface area contributed by atoms with Crippen LogP contribution < -0.4 is 0 Å². The summed E-state index contributed by atoms with van der Waals surface area (Å²) in [6.45, 7) is 28.9. The largest absolute Gasteiger partial charge is 0.307 e. The molecule has 4 nitrogen and oxygen atoms in total. The van der Waals surface area contributed by atoms with Crippen molar-refractivity contribution in [2.24, 2.45) is 11.8 Å². The average molecular weight is 701 g/mol. The van der Waals surface area contributed by atoms with E-state index in [9.17, 15) is 0 Å². The molecule has 286 valence electrons. The lowest BCUT2D eigenvalue weighted by Gasteiger charge is -2.37. The summed E-state index contributed by atoms with van der Waals surface area (Å²) in [5, 5.41) is 0. The lowest BCUT2D eigenvalue weighted by atomic mass is 9.84. The van der Waals surface area contributed by atoms with Crippen LogP contribution in [0.4, 0.5) is 0 Å². The van der Waals surface area contributed by atoms with E-state index in [1.165, 1.54) is 80.7 Å². The molecular formula is C47H76N2O2. The van der Waals surface area contributed by atoms with Crippen LogP contribution in [0.2, 0.25) is 0 Å². The number of aldehydes is 1. The maximum Gasteiger partial charge on any atom is 0.142 e. The highest BCUT2D eigenvalue weighted by molar-refractivity contribution is 5.63. The monoisotopic (exact) mass is 701 g/mol. The van der Waals surface area contributed by atoms with Crippen LogP contribution in [-0.4, -0.2) is 49.1 Å². The molecule has 2 aromatic rings. The third-order valence-electron chi connectivity index (χ3n) is 9.02. The molecule has 3 unspecified atom stereocenters. The Kier molecular flexibility index (Phi) is 33.0. The van der Waals surface area contributed by atoms with Crippen molar-refractivity contribution in [3.8, 4) is 0 Å². The number of fused-ring (bicyclic) bond motifs is 2. The van der Waals surface area contributed by atoms with Crippen LogP contribution in [0.5, 0.6) is 0 Å². The molecule has 0 aromatic heterocycles. The van der Waals surface area contributed by atoms with E-state index in [0.717, 1.165) is 25.6 Å². The molecule has 0 bridgehead atoms. The Morgan fingerprint density at radius 2 is 1.57 bits per heavy atom. The predicted molar refractivity (Wildman–Crippen MR) is 226 cm³/mol. The summed E-state index contributed by atoms with van der Waals surface area (Å²) in [7, 11) is 2.21. The zero-order chi connectivity index (χ0) is 38.9. The molecule has 0 N–H and O–H groups in total. The number of rotatable bonds is 10. The van der Waals surface area contributed by atoms with Gasteiger partial charge in [-0.25, -0.2) is 0 Å². The highest BCUT2D eigenvalue weighted by Crippen LogP contribution is 2.29. The standard InChI is InChI=1S/C19H23N.C12H17N.C8H18.C3H4O.2C2H6.CH2O/c1-2-6-16-9-10-19-15-20(12-11-18(19)13-16)14-17-7-4-3-5-8-17;1-3-10-6-4-7-11-8-5-9-13(2)12(10)11;1-4-6-7-8(3)5-2;1-2-3-4;3*1-2/h3-5,7-10,13H,2,6,11-12,14-15H2,1H3;4-8,11-12H,3,9H2,1-2H3;8H,4-7H2,1-3H3;2-3H,1H2;2*1-2H3;1H2. The van der Waals surface area contributed by atoms with Crippen LogP contribution in [0.25, 0.3) is 0 Å². The van der Waals surface area contributed by atoms with Crippen molar-refractivity contribution in [1.82, 2.24) is 9.80 Å². The van der Waals surface area contributed by atoms with Crippen LogP contribution in [-0.2, 0) is 35.5 Å². The van der Waals surface area contributed by atoms with Gasteiger partial charge in [-0.05, 0) is 60.6 Å². The molecule has 4 heteroatoms. The quantitative estimate of drug-likeness (QED) is 0.141. The third kappa shape index (κ3) is 20.9. The van der Waals surface area contributed by atoms with Gasteiger partial charge in [-0.3, -0.25) is 14.6 Å². The zero-order valence-electron chi connectivity index (χ0n) is 34.5. The van der Waals surface area contributed by atoms with Crippen molar-refractivity contribution >= 4 is 13.1 Å². The molecule has 2 aromatic carbocycles. The smallest absolute Gasteiger partial charge is 0.142 e. The van der Waals surface area contributed by atoms with Gasteiger partial charge in [0.25, 0.3) is 0 Å². The first-order chi connectivity index (χ1) is 24.9. The minimum Gasteiger partial charge on any atom is -0.307 e. The number of nitrogens with zero attached hydrogens (tertiary/aromatic N) is 2. The van der Waals surface area contributed by atoms with Gasteiger partial charge in [0.05, 0.1) is 0 Å². The van der Waals surface area contributed by atoms with Gasteiger partial charge in [0.2, 0.25) is 0 Å². The van der Waals surface area contributed by atoms with Crippen molar-refractivity contribution in [3.05, 3.63) is 119 Å². The van der Waals surface area contributed by atoms with E-state index in [1.807, 2.05) is 34.5 Å². The number of unbranched alkanes of at least 4 members (excludes halogenated alkanes) is 1. The summed E-state index contributed by atoms with van der Waals surface area (Å²) in [5.41, 5.74) is 7.58. The molecule has 3 aliphatic rings. The Labute approximate surface area is 315 Å². The van der Waals surface area contributed by atoms with Gasteiger partial charge in [0, 0.05) is 38.1 Å². The van der Waals surface area contributed by atoms with Gasteiger partial charge >= 0.3 is 0 Å². The first-order valence-electron chi connectivity index (χ1n) is 19.9. The molecule has 51 heavy (non-hydrogen) atoms. The summed E-state index contributed by atoms with van der Waals surface area (Å²) in [4.78, 5) is 22.0. The van der Waals surface area contributed by atoms with Gasteiger partial charge in [0.1, 0.15) is 13.1 Å². The van der Waals surface area contributed by atoms with Crippen LogP contribution in [0, 0.1) is 11.8 Å². The van der Waals surface area contributed by atoms with Crippen molar-refractivity contribution < 1.29 is 9.59 Å². The van der Waals surface area contributed by atoms with E-state index in [0.29, 0.717) is 18.2 Å². The zero-order valence-corrected chi connectivity index (χ0v) is 34.5. The van der Waals surface area contributed by atoms with Crippen molar-refractivity contribution in [1.29, 1.82) is 0 Å². The first-order valence-corrected chi connectivity index (χ1v) is 19.9. The molecule has 0 amide bonds. The predicted octanol–water partition coefficient (Wildman–Crippen LogP) is 12.0. The van der Waals surface area contributed by atoms with E-state index in [1.54, 1.807) is 11.1 Å². The SMILES string of the molecule is C=CC=O.C=O.CC.CC.CCC1=CC=CC2C=CCN(C)C12.CCCCC(C)CC.CCCc1ccc2c(c1)CCN(Cc1ccccc1)C2. The number of likely N-dealkylation sites (N-methyl/N-ethyl adjacent to an activating group) is 1. The second-order valence-corrected chi connectivity index (χ2v) is 12.7. The number of aryl methyl sites for hydroxylation is 1. The van der Waals surface area contributed by atoms with E-state index in [4.69, 9.17) is 9.59 Å². The topological polar surface area (TPSA) is 40.6 Å². The molecule has 1 aliphatic carbocycles. The molecule has 0 spiro atoms. The lowest BCUT2D eigenvalue weighted by molar-refractivity contribution is -0.104. The van der Waals surface area contributed by atoms with E-state index in [-0.39, 0.29) is 0 Å². The Morgan fingerprint density at radius 3 is 2.14 bits per heavy atom. The van der Waals surface area contributed by atoms with Gasteiger partial charge in [-0.1, -0.05) is 185 Å². The van der Waals surface area contributed by atoms with Gasteiger partial charge in [-0.2, -0.15) is 0 Å². The van der Waals surface area contributed by atoms with E-state index in [2.05, 4.69) is 137 Å². The fourth-order valence-corrected chi connectivity index (χ4v) is 6.17. The lowest BCUT2D eigenvalue weighted by Crippen LogP contribution is -2.41.